The number of aryl methyl sites for hydroxylation is 1. The number of pyridine rings is 1. The number of nitrogens with zero attached hydrogens (tertiary/aromatic N) is 4. The molecule has 27 heavy (non-hydrogen) atoms. The topological polar surface area (TPSA) is 94.4 Å². The molecule has 2 aromatic rings. The quantitative estimate of drug-likeness (QED) is 0.798. The van der Waals surface area contributed by atoms with Crippen molar-refractivity contribution < 1.29 is 13.2 Å². The molecule has 1 fully saturated rings. The summed E-state index contributed by atoms with van der Waals surface area (Å²) in [7, 11) is -3.36. The molecule has 7 nitrogen and oxygen atoms in total. The Kier molecular flexibility index (Phi) is 5.15. The van der Waals surface area contributed by atoms with E-state index in [1.54, 1.807) is 17.0 Å². The number of piperazine rings is 1. The summed E-state index contributed by atoms with van der Waals surface area (Å²) in [6.07, 6.45) is 1.12. The average Bonchev–Trinajstić information content (AvgIpc) is 2.67. The lowest BCUT2D eigenvalue weighted by atomic mass is 10.1. The Morgan fingerprint density at radius 3 is 2.48 bits per heavy atom. The monoisotopic (exact) mass is 384 g/mol. The Bertz CT molecular complexity index is 1020. The van der Waals surface area contributed by atoms with Crippen LogP contribution in [0.2, 0.25) is 0 Å². The van der Waals surface area contributed by atoms with Gasteiger partial charge in [-0.15, -0.1) is 0 Å². The van der Waals surface area contributed by atoms with Crippen LogP contribution in [0.15, 0.2) is 41.3 Å². The molecule has 0 atom stereocenters. The molecular weight excluding hydrogens is 364 g/mol. The van der Waals surface area contributed by atoms with Crippen LogP contribution in [-0.4, -0.2) is 56.6 Å². The lowest BCUT2D eigenvalue weighted by Crippen LogP contribution is -2.49. The van der Waals surface area contributed by atoms with Crippen molar-refractivity contribution in [3.63, 3.8) is 0 Å². The van der Waals surface area contributed by atoms with Crippen molar-refractivity contribution in [3.8, 4) is 6.07 Å². The van der Waals surface area contributed by atoms with E-state index in [0.717, 1.165) is 17.6 Å². The number of amides is 1. The number of carbonyl (C=O) groups is 1. The zero-order valence-electron chi connectivity index (χ0n) is 15.2. The van der Waals surface area contributed by atoms with Crippen molar-refractivity contribution in [2.24, 2.45) is 0 Å². The largest absolute Gasteiger partial charge is 0.353 e. The molecule has 8 heteroatoms. The van der Waals surface area contributed by atoms with E-state index in [1.807, 2.05) is 24.0 Å². The fourth-order valence-corrected chi connectivity index (χ4v) is 3.66. The van der Waals surface area contributed by atoms with E-state index in [-0.39, 0.29) is 10.8 Å². The maximum Gasteiger partial charge on any atom is 0.254 e. The van der Waals surface area contributed by atoms with Crippen molar-refractivity contribution in [2.75, 3.05) is 37.3 Å². The molecule has 2 heterocycles. The Morgan fingerprint density at radius 2 is 1.85 bits per heavy atom. The minimum absolute atomic E-state index is 0.139. The first-order chi connectivity index (χ1) is 12.8. The third-order valence-electron chi connectivity index (χ3n) is 4.59. The van der Waals surface area contributed by atoms with Crippen molar-refractivity contribution >= 4 is 21.6 Å². The third kappa shape index (κ3) is 4.09. The van der Waals surface area contributed by atoms with E-state index in [2.05, 4.69) is 11.1 Å². The standard InChI is InChI=1S/C19H20N4O3S/c1-14-6-7-18(21-17(14)13-20)22-8-10-23(11-9-22)19(24)15-4-3-5-16(12-15)27(2,25)26/h3-7,12H,8-11H2,1-2H3. The van der Waals surface area contributed by atoms with E-state index in [4.69, 9.17) is 5.26 Å². The van der Waals surface area contributed by atoms with Gasteiger partial charge in [0.1, 0.15) is 17.6 Å². The molecule has 140 valence electrons. The summed E-state index contributed by atoms with van der Waals surface area (Å²) < 4.78 is 23.4. The highest BCUT2D eigenvalue weighted by Gasteiger charge is 2.24. The van der Waals surface area contributed by atoms with Crippen LogP contribution in [0.25, 0.3) is 0 Å². The van der Waals surface area contributed by atoms with Gasteiger partial charge in [0.15, 0.2) is 9.84 Å². The highest BCUT2D eigenvalue weighted by Crippen LogP contribution is 2.18. The maximum absolute atomic E-state index is 12.7. The molecule has 0 saturated carbocycles. The second kappa shape index (κ2) is 7.37. The van der Waals surface area contributed by atoms with Gasteiger partial charge >= 0.3 is 0 Å². The molecule has 0 N–H and O–H groups in total. The molecule has 1 aromatic heterocycles. The van der Waals surface area contributed by atoms with Crippen molar-refractivity contribution in [1.82, 2.24) is 9.88 Å². The number of rotatable bonds is 3. The molecule has 1 aromatic carbocycles. The van der Waals surface area contributed by atoms with Crippen molar-refractivity contribution in [1.29, 1.82) is 5.26 Å². The van der Waals surface area contributed by atoms with Crippen LogP contribution in [0.3, 0.4) is 0 Å². The van der Waals surface area contributed by atoms with Crippen LogP contribution in [0.4, 0.5) is 5.82 Å². The number of aromatic nitrogens is 1. The second-order valence-electron chi connectivity index (χ2n) is 6.53. The lowest BCUT2D eigenvalue weighted by Gasteiger charge is -2.35. The summed E-state index contributed by atoms with van der Waals surface area (Å²) in [5, 5.41) is 9.14. The average molecular weight is 384 g/mol. The van der Waals surface area contributed by atoms with Gasteiger partial charge in [-0.25, -0.2) is 13.4 Å². The molecule has 0 radical (unpaired) electrons. The van der Waals surface area contributed by atoms with Gasteiger partial charge in [0, 0.05) is 38.0 Å². The first-order valence-corrected chi connectivity index (χ1v) is 10.4. The zero-order chi connectivity index (χ0) is 19.6. The number of sulfone groups is 1. The van der Waals surface area contributed by atoms with E-state index in [9.17, 15) is 13.2 Å². The summed E-state index contributed by atoms with van der Waals surface area (Å²) in [4.78, 5) is 21.0. The van der Waals surface area contributed by atoms with Crippen LogP contribution in [0.1, 0.15) is 21.6 Å². The van der Waals surface area contributed by atoms with Gasteiger partial charge in [-0.1, -0.05) is 12.1 Å². The summed E-state index contributed by atoms with van der Waals surface area (Å²) in [6.45, 7) is 4.03. The summed E-state index contributed by atoms with van der Waals surface area (Å²) in [6, 6.07) is 12.0. The Labute approximate surface area is 158 Å². The van der Waals surface area contributed by atoms with Crippen LogP contribution < -0.4 is 4.90 Å². The normalized spacial score (nSPS) is 14.7. The van der Waals surface area contributed by atoms with Gasteiger partial charge in [0.25, 0.3) is 5.91 Å². The van der Waals surface area contributed by atoms with E-state index in [0.29, 0.717) is 37.4 Å². The predicted molar refractivity (Wildman–Crippen MR) is 101 cm³/mol. The van der Waals surface area contributed by atoms with Crippen molar-refractivity contribution in [2.45, 2.75) is 11.8 Å². The van der Waals surface area contributed by atoms with Crippen LogP contribution in [0, 0.1) is 18.3 Å². The minimum Gasteiger partial charge on any atom is -0.353 e. The number of benzene rings is 1. The van der Waals surface area contributed by atoms with Crippen LogP contribution in [0.5, 0.6) is 0 Å². The van der Waals surface area contributed by atoms with Crippen molar-refractivity contribution in [3.05, 3.63) is 53.2 Å². The predicted octanol–water partition coefficient (Wildman–Crippen LogP) is 1.63. The summed E-state index contributed by atoms with van der Waals surface area (Å²) in [5.74, 6) is 0.540. The molecule has 0 unspecified atom stereocenters. The first kappa shape index (κ1) is 18.9. The van der Waals surface area contributed by atoms with Gasteiger partial charge in [-0.2, -0.15) is 5.26 Å². The lowest BCUT2D eigenvalue weighted by molar-refractivity contribution is 0.0746. The number of hydrogen-bond acceptors (Lipinski definition) is 6. The summed E-state index contributed by atoms with van der Waals surface area (Å²) in [5.41, 5.74) is 1.61. The Hall–Kier alpha value is -2.92. The minimum atomic E-state index is -3.36. The molecule has 1 amide bonds. The Balaban J connectivity index is 1.71. The number of nitriles is 1. The molecule has 0 aliphatic carbocycles. The smallest absolute Gasteiger partial charge is 0.254 e. The van der Waals surface area contributed by atoms with Gasteiger partial charge in [0.05, 0.1) is 4.90 Å². The molecule has 3 rings (SSSR count). The highest BCUT2D eigenvalue weighted by atomic mass is 32.2. The molecule has 1 saturated heterocycles. The van der Waals surface area contributed by atoms with Crippen LogP contribution >= 0.6 is 0 Å². The zero-order valence-corrected chi connectivity index (χ0v) is 16.0. The van der Waals surface area contributed by atoms with Crippen LogP contribution in [-0.2, 0) is 9.84 Å². The van der Waals surface area contributed by atoms with Gasteiger partial charge in [-0.05, 0) is 36.8 Å². The van der Waals surface area contributed by atoms with E-state index < -0.39 is 9.84 Å². The SMILES string of the molecule is Cc1ccc(N2CCN(C(=O)c3cccc(S(C)(=O)=O)c3)CC2)nc1C#N. The highest BCUT2D eigenvalue weighted by molar-refractivity contribution is 7.90. The molecule has 0 spiro atoms. The Morgan fingerprint density at radius 1 is 1.15 bits per heavy atom. The van der Waals surface area contributed by atoms with Gasteiger partial charge in [-0.3, -0.25) is 4.79 Å². The molecular formula is C19H20N4O3S. The third-order valence-corrected chi connectivity index (χ3v) is 5.70. The first-order valence-electron chi connectivity index (χ1n) is 8.51. The van der Waals surface area contributed by atoms with E-state index >= 15 is 0 Å². The molecule has 1 aliphatic rings. The fraction of sp³-hybridized carbons (Fsp3) is 0.316. The fourth-order valence-electron chi connectivity index (χ4n) is 2.99. The number of carbonyl (C=O) groups excluding carboxylic acids is 1. The van der Waals surface area contributed by atoms with Gasteiger partial charge in [0.2, 0.25) is 0 Å². The molecule has 0 bridgehead atoms. The molecule has 1 aliphatic heterocycles. The maximum atomic E-state index is 12.7. The number of hydrogen-bond donors (Lipinski definition) is 0. The second-order valence-corrected chi connectivity index (χ2v) is 8.54. The summed E-state index contributed by atoms with van der Waals surface area (Å²) >= 11 is 0. The van der Waals surface area contributed by atoms with E-state index in [1.165, 1.54) is 12.1 Å². The van der Waals surface area contributed by atoms with Gasteiger partial charge < -0.3 is 9.80 Å². The number of anilines is 1.